The zero-order valence-electron chi connectivity index (χ0n) is 30.9. The number of carbonyl (C=O) groups is 2. The molecule has 2 heterocycles. The summed E-state index contributed by atoms with van der Waals surface area (Å²) >= 11 is 0. The molecule has 2 aliphatic heterocycles. The van der Waals surface area contributed by atoms with E-state index >= 15 is 0 Å². The molecule has 2 saturated heterocycles. The van der Waals surface area contributed by atoms with E-state index in [4.69, 9.17) is 0 Å². The number of Topliss-reactive ketones (excluding diaryl/α,β-unsaturated/α-hetero) is 1. The third kappa shape index (κ3) is 10.6. The first kappa shape index (κ1) is 38.1. The van der Waals surface area contributed by atoms with Crippen LogP contribution in [0, 0.1) is 0 Å². The monoisotopic (exact) mass is 659 g/mol. The van der Waals surface area contributed by atoms with Crippen LogP contribution in [0.3, 0.4) is 0 Å². The number of hydrogen-bond donors (Lipinski definition) is 1. The highest BCUT2D eigenvalue weighted by Crippen LogP contribution is 2.31. The third-order valence-corrected chi connectivity index (χ3v) is 11.2. The summed E-state index contributed by atoms with van der Waals surface area (Å²) in [5.41, 5.74) is 3.60. The number of unbranched alkanes of at least 4 members (excludes halogenated alkanes) is 9. The molecule has 4 rings (SSSR count). The predicted molar refractivity (Wildman–Crippen MR) is 202 cm³/mol. The Balaban J connectivity index is 1.45. The smallest absolute Gasteiger partial charge is 0.229 e. The van der Waals surface area contributed by atoms with Gasteiger partial charge < -0.3 is 15.1 Å². The van der Waals surface area contributed by atoms with Gasteiger partial charge in [0, 0.05) is 50.5 Å². The number of piperidine rings is 1. The molecule has 1 amide bonds. The number of hydrogen-bond acceptors (Lipinski definition) is 5. The summed E-state index contributed by atoms with van der Waals surface area (Å²) in [6, 6.07) is 17.0. The van der Waals surface area contributed by atoms with Gasteiger partial charge in [-0.1, -0.05) is 95.9 Å². The van der Waals surface area contributed by atoms with Crippen molar-refractivity contribution in [2.75, 3.05) is 57.8 Å². The van der Waals surface area contributed by atoms with Crippen LogP contribution in [0.25, 0.3) is 0 Å². The van der Waals surface area contributed by atoms with Gasteiger partial charge in [-0.15, -0.1) is 0 Å². The lowest BCUT2D eigenvalue weighted by Crippen LogP contribution is -2.54. The fraction of sp³-hybridized carbons (Fsp3) is 0.667. The topological polar surface area (TPSA) is 55.9 Å². The summed E-state index contributed by atoms with van der Waals surface area (Å²) in [6.45, 7) is 12.9. The second-order valence-corrected chi connectivity index (χ2v) is 14.6. The molecule has 266 valence electrons. The van der Waals surface area contributed by atoms with Crippen LogP contribution in [0.4, 0.5) is 5.69 Å². The van der Waals surface area contributed by atoms with Crippen LogP contribution < -0.4 is 10.2 Å². The van der Waals surface area contributed by atoms with Gasteiger partial charge >= 0.3 is 0 Å². The Morgan fingerprint density at radius 3 is 1.94 bits per heavy atom. The van der Waals surface area contributed by atoms with E-state index in [-0.39, 0.29) is 17.6 Å². The zero-order chi connectivity index (χ0) is 34.2. The van der Waals surface area contributed by atoms with E-state index in [2.05, 4.69) is 84.5 Å². The van der Waals surface area contributed by atoms with E-state index < -0.39 is 5.54 Å². The first-order chi connectivity index (χ1) is 23.4. The molecular formula is C42H66N4O2. The Hall–Kier alpha value is -2.70. The first-order valence-electron chi connectivity index (χ1n) is 19.6. The SMILES string of the molecule is CCCCCCCCCCCCN(C)C(CC)(Cc1ccc(C(C)C(=O)N2CCNCC2)cc1)C(=O)c1ccc(N2CCCCC2)cc1. The van der Waals surface area contributed by atoms with Crippen molar-refractivity contribution in [2.45, 2.75) is 129 Å². The molecule has 2 aromatic carbocycles. The van der Waals surface area contributed by atoms with Crippen LogP contribution in [-0.4, -0.2) is 79.9 Å². The van der Waals surface area contributed by atoms with Gasteiger partial charge in [-0.05, 0) is 94.4 Å². The van der Waals surface area contributed by atoms with Crippen LogP contribution in [0.1, 0.15) is 138 Å². The number of nitrogens with zero attached hydrogens (tertiary/aromatic N) is 3. The minimum absolute atomic E-state index is 0.174. The van der Waals surface area contributed by atoms with Gasteiger partial charge in [0.05, 0.1) is 11.5 Å². The van der Waals surface area contributed by atoms with Gasteiger partial charge in [-0.2, -0.15) is 0 Å². The molecule has 1 N–H and O–H groups in total. The molecule has 0 aromatic heterocycles. The Morgan fingerprint density at radius 1 is 0.771 bits per heavy atom. The van der Waals surface area contributed by atoms with Crippen molar-refractivity contribution < 1.29 is 9.59 Å². The van der Waals surface area contributed by atoms with Crippen molar-refractivity contribution in [1.82, 2.24) is 15.1 Å². The molecule has 0 bridgehead atoms. The number of amides is 1. The molecule has 6 heteroatoms. The fourth-order valence-corrected chi connectivity index (χ4v) is 7.80. The number of piperazine rings is 1. The van der Waals surface area contributed by atoms with Crippen molar-refractivity contribution in [3.63, 3.8) is 0 Å². The van der Waals surface area contributed by atoms with Crippen LogP contribution in [-0.2, 0) is 11.2 Å². The summed E-state index contributed by atoms with van der Waals surface area (Å²) in [7, 11) is 2.17. The Bertz CT molecular complexity index is 1220. The van der Waals surface area contributed by atoms with Gasteiger partial charge in [-0.3, -0.25) is 14.5 Å². The highest BCUT2D eigenvalue weighted by molar-refractivity contribution is 6.03. The third-order valence-electron chi connectivity index (χ3n) is 11.2. The van der Waals surface area contributed by atoms with E-state index in [1.807, 2.05) is 11.8 Å². The summed E-state index contributed by atoms with van der Waals surface area (Å²) < 4.78 is 0. The van der Waals surface area contributed by atoms with Gasteiger partial charge in [0.25, 0.3) is 0 Å². The minimum Gasteiger partial charge on any atom is -0.372 e. The van der Waals surface area contributed by atoms with Crippen molar-refractivity contribution in [3.8, 4) is 0 Å². The lowest BCUT2D eigenvalue weighted by Gasteiger charge is -2.41. The second-order valence-electron chi connectivity index (χ2n) is 14.6. The van der Waals surface area contributed by atoms with Crippen LogP contribution in [0.15, 0.2) is 48.5 Å². The number of anilines is 1. The maximum atomic E-state index is 14.6. The van der Waals surface area contributed by atoms with E-state index in [1.54, 1.807) is 0 Å². The summed E-state index contributed by atoms with van der Waals surface area (Å²) in [6.07, 6.45) is 18.3. The molecule has 2 aromatic rings. The number of nitrogens with one attached hydrogen (secondary N) is 1. The predicted octanol–water partition coefficient (Wildman–Crippen LogP) is 8.64. The quantitative estimate of drug-likeness (QED) is 0.114. The highest BCUT2D eigenvalue weighted by atomic mass is 16.2. The summed E-state index contributed by atoms with van der Waals surface area (Å²) in [5, 5.41) is 3.33. The first-order valence-corrected chi connectivity index (χ1v) is 19.6. The molecule has 2 unspecified atom stereocenters. The van der Waals surface area contributed by atoms with Crippen molar-refractivity contribution in [1.29, 1.82) is 0 Å². The molecule has 0 aliphatic carbocycles. The molecule has 2 atom stereocenters. The molecule has 0 spiro atoms. The Morgan fingerprint density at radius 2 is 1.35 bits per heavy atom. The van der Waals surface area contributed by atoms with Gasteiger partial charge in [0.2, 0.25) is 5.91 Å². The standard InChI is InChI=1S/C42H66N4O2/c1-5-7-8-9-10-11-12-13-14-16-29-44(4)42(6-2,40(47)38-23-25-39(26-24-38)45-30-17-15-18-31-45)34-36-19-21-37(22-20-36)35(3)41(48)46-32-27-43-28-33-46/h19-26,35,43H,5-18,27-34H2,1-4H3. The molecule has 0 radical (unpaired) electrons. The number of carbonyl (C=O) groups excluding carboxylic acids is 2. The molecule has 48 heavy (non-hydrogen) atoms. The summed E-state index contributed by atoms with van der Waals surface area (Å²) in [4.78, 5) is 34.6. The largest absolute Gasteiger partial charge is 0.372 e. The average Bonchev–Trinajstić information content (AvgIpc) is 3.14. The fourth-order valence-electron chi connectivity index (χ4n) is 7.80. The Labute approximate surface area is 293 Å². The van der Waals surface area contributed by atoms with E-state index in [0.29, 0.717) is 6.42 Å². The van der Waals surface area contributed by atoms with Crippen molar-refractivity contribution in [3.05, 3.63) is 65.2 Å². The lowest BCUT2D eigenvalue weighted by molar-refractivity contribution is -0.133. The van der Waals surface area contributed by atoms with E-state index in [1.165, 1.54) is 82.7 Å². The van der Waals surface area contributed by atoms with Crippen molar-refractivity contribution in [2.24, 2.45) is 0 Å². The number of rotatable bonds is 20. The zero-order valence-corrected chi connectivity index (χ0v) is 30.9. The normalized spacial score (nSPS) is 17.4. The molecule has 6 nitrogen and oxygen atoms in total. The number of likely N-dealkylation sites (N-methyl/N-ethyl adjacent to an activating group) is 1. The maximum absolute atomic E-state index is 14.6. The minimum atomic E-state index is -0.629. The number of benzene rings is 2. The maximum Gasteiger partial charge on any atom is 0.229 e. The summed E-state index contributed by atoms with van der Waals surface area (Å²) in [5.74, 6) is 0.245. The van der Waals surface area contributed by atoms with Gasteiger partial charge in [0.1, 0.15) is 0 Å². The van der Waals surface area contributed by atoms with Crippen LogP contribution in [0.2, 0.25) is 0 Å². The van der Waals surface area contributed by atoms with Gasteiger partial charge in [0.15, 0.2) is 5.78 Å². The van der Waals surface area contributed by atoms with Crippen LogP contribution in [0.5, 0.6) is 0 Å². The van der Waals surface area contributed by atoms with Crippen molar-refractivity contribution >= 4 is 17.4 Å². The van der Waals surface area contributed by atoms with Crippen LogP contribution >= 0.6 is 0 Å². The molecule has 2 fully saturated rings. The average molecular weight is 659 g/mol. The highest BCUT2D eigenvalue weighted by Gasteiger charge is 2.41. The molecular weight excluding hydrogens is 592 g/mol. The Kier molecular flexibility index (Phi) is 15.9. The molecule has 2 aliphatic rings. The lowest BCUT2D eigenvalue weighted by atomic mass is 9.79. The number of ketones is 1. The second kappa shape index (κ2) is 20.1. The van der Waals surface area contributed by atoms with E-state index in [0.717, 1.165) is 75.3 Å². The molecule has 0 saturated carbocycles. The van der Waals surface area contributed by atoms with Gasteiger partial charge in [-0.25, -0.2) is 0 Å². The van der Waals surface area contributed by atoms with E-state index in [9.17, 15) is 9.59 Å².